The number of carbonyl (C=O) groups excluding carboxylic acids is 1. The Balaban J connectivity index is 1.59. The second kappa shape index (κ2) is 7.82. The van der Waals surface area contributed by atoms with Crippen LogP contribution >= 0.6 is 11.6 Å². The van der Waals surface area contributed by atoms with Crippen molar-refractivity contribution in [3.63, 3.8) is 0 Å². The first-order chi connectivity index (χ1) is 13.9. The van der Waals surface area contributed by atoms with E-state index in [1.807, 2.05) is 30.3 Å². The van der Waals surface area contributed by atoms with Crippen LogP contribution in [0.25, 0.3) is 10.9 Å². The number of nitrogens with one attached hydrogen (secondary N) is 2. The van der Waals surface area contributed by atoms with Gasteiger partial charge in [0, 0.05) is 27.9 Å². The van der Waals surface area contributed by atoms with E-state index in [0.29, 0.717) is 17.1 Å². The first-order valence-electron chi connectivity index (χ1n) is 9.34. The highest BCUT2D eigenvalue weighted by Gasteiger charge is 2.36. The van der Waals surface area contributed by atoms with E-state index in [-0.39, 0.29) is 29.4 Å². The summed E-state index contributed by atoms with van der Waals surface area (Å²) in [5, 5.41) is 13.5. The maximum atomic E-state index is 12.9. The van der Waals surface area contributed by atoms with Gasteiger partial charge in [-0.1, -0.05) is 35.9 Å². The third-order valence-electron chi connectivity index (χ3n) is 5.36. The highest BCUT2D eigenvalue weighted by Crippen LogP contribution is 2.34. The van der Waals surface area contributed by atoms with Gasteiger partial charge in [-0.3, -0.25) is 4.79 Å². The molecule has 4 rings (SSSR count). The van der Waals surface area contributed by atoms with Crippen molar-refractivity contribution in [2.45, 2.75) is 18.4 Å². The third kappa shape index (κ3) is 4.17. The molecule has 6 nitrogen and oxygen atoms in total. The molecule has 0 fully saturated rings. The fraction of sp³-hybridized carbons (Fsp3) is 0.286. The summed E-state index contributed by atoms with van der Waals surface area (Å²) in [6.07, 6.45) is 0.563. The van der Waals surface area contributed by atoms with E-state index < -0.39 is 16.4 Å². The van der Waals surface area contributed by atoms with Crippen LogP contribution < -0.4 is 5.32 Å². The lowest BCUT2D eigenvalue weighted by atomic mass is 10.0. The molecule has 1 heterocycles. The minimum Gasteiger partial charge on any atom is -0.395 e. The molecule has 2 aromatic carbocycles. The third-order valence-corrected chi connectivity index (χ3v) is 7.27. The molecule has 0 radical (unpaired) electrons. The Hall–Kier alpha value is -2.35. The molecule has 1 amide bonds. The molecule has 1 aliphatic rings. The Morgan fingerprint density at radius 1 is 1.21 bits per heavy atom. The van der Waals surface area contributed by atoms with Crippen LogP contribution in [0.4, 0.5) is 0 Å². The van der Waals surface area contributed by atoms with E-state index in [2.05, 4.69) is 10.3 Å². The highest BCUT2D eigenvalue weighted by molar-refractivity contribution is 7.91. The Bertz CT molecular complexity index is 1170. The molecule has 152 valence electrons. The van der Waals surface area contributed by atoms with Gasteiger partial charge >= 0.3 is 0 Å². The molecule has 0 unspecified atom stereocenters. The summed E-state index contributed by atoms with van der Waals surface area (Å²) in [5.41, 5.74) is 3.17. The average Bonchev–Trinajstić information content (AvgIpc) is 3.23. The first kappa shape index (κ1) is 19.9. The van der Waals surface area contributed by atoms with Gasteiger partial charge in [0.15, 0.2) is 9.84 Å². The van der Waals surface area contributed by atoms with Gasteiger partial charge in [-0.15, -0.1) is 0 Å². The molecule has 0 bridgehead atoms. The largest absolute Gasteiger partial charge is 0.395 e. The van der Waals surface area contributed by atoms with Crippen molar-refractivity contribution in [1.29, 1.82) is 0 Å². The summed E-state index contributed by atoms with van der Waals surface area (Å²) in [6, 6.07) is 14.4. The number of rotatable bonds is 6. The van der Waals surface area contributed by atoms with E-state index in [9.17, 15) is 13.2 Å². The van der Waals surface area contributed by atoms with Crippen molar-refractivity contribution < 1.29 is 18.3 Å². The Labute approximate surface area is 173 Å². The van der Waals surface area contributed by atoms with Gasteiger partial charge in [0.2, 0.25) is 0 Å². The fourth-order valence-corrected chi connectivity index (χ4v) is 5.59. The number of benzene rings is 2. The van der Waals surface area contributed by atoms with Gasteiger partial charge in [0.1, 0.15) is 5.69 Å². The number of hydrogen-bond donors (Lipinski definition) is 3. The van der Waals surface area contributed by atoms with Crippen molar-refractivity contribution in [3.8, 4) is 0 Å². The Morgan fingerprint density at radius 3 is 2.79 bits per heavy atom. The SMILES string of the molecule is O=C(N[C@@H]1Cc2ccccc2[C@H]1CS(=O)(=O)CCO)c1cc2cc(Cl)ccc2[nH]1. The number of amides is 1. The van der Waals surface area contributed by atoms with E-state index in [1.165, 1.54) is 0 Å². The van der Waals surface area contributed by atoms with Crippen molar-refractivity contribution in [2.24, 2.45) is 0 Å². The number of carbonyl (C=O) groups is 1. The minimum absolute atomic E-state index is 0.113. The van der Waals surface area contributed by atoms with Crippen molar-refractivity contribution in [1.82, 2.24) is 10.3 Å². The van der Waals surface area contributed by atoms with Crippen molar-refractivity contribution >= 4 is 38.2 Å². The van der Waals surface area contributed by atoms with E-state index >= 15 is 0 Å². The van der Waals surface area contributed by atoms with E-state index in [1.54, 1.807) is 18.2 Å². The number of aromatic nitrogens is 1. The number of H-pyrrole nitrogens is 1. The van der Waals surface area contributed by atoms with Gasteiger partial charge in [0.25, 0.3) is 5.91 Å². The summed E-state index contributed by atoms with van der Waals surface area (Å²) in [7, 11) is -3.44. The van der Waals surface area contributed by atoms with Crippen LogP contribution in [0.5, 0.6) is 0 Å². The predicted molar refractivity (Wildman–Crippen MR) is 113 cm³/mol. The number of halogens is 1. The van der Waals surface area contributed by atoms with Crippen LogP contribution in [-0.2, 0) is 16.3 Å². The molecule has 0 saturated carbocycles. The summed E-state index contributed by atoms with van der Waals surface area (Å²) >= 11 is 6.01. The smallest absolute Gasteiger partial charge is 0.267 e. The first-order valence-corrected chi connectivity index (χ1v) is 11.5. The Morgan fingerprint density at radius 2 is 2.00 bits per heavy atom. The molecule has 0 saturated heterocycles. The van der Waals surface area contributed by atoms with Crippen molar-refractivity contribution in [3.05, 3.63) is 70.4 Å². The number of fused-ring (bicyclic) bond motifs is 2. The summed E-state index contributed by atoms with van der Waals surface area (Å²) in [4.78, 5) is 16.0. The van der Waals surface area contributed by atoms with Gasteiger partial charge in [0.05, 0.1) is 18.1 Å². The lowest BCUT2D eigenvalue weighted by Gasteiger charge is -2.21. The number of aromatic amines is 1. The van der Waals surface area contributed by atoms with Gasteiger partial charge < -0.3 is 15.4 Å². The second-order valence-electron chi connectivity index (χ2n) is 7.34. The monoisotopic (exact) mass is 432 g/mol. The molecular weight excluding hydrogens is 412 g/mol. The van der Waals surface area contributed by atoms with E-state index in [4.69, 9.17) is 16.7 Å². The summed E-state index contributed by atoms with van der Waals surface area (Å²) in [6.45, 7) is -0.411. The maximum absolute atomic E-state index is 12.9. The molecule has 1 aromatic heterocycles. The standard InChI is InChI=1S/C21H21ClN2O4S/c22-15-5-6-18-14(9-15)11-20(23-18)21(26)24-19-10-13-3-1-2-4-16(13)17(19)12-29(27,28)8-7-25/h1-6,9,11,17,19,23,25H,7-8,10,12H2,(H,24,26)/t17-,19-/m1/s1. The fourth-order valence-electron chi connectivity index (χ4n) is 4.00. The van der Waals surface area contributed by atoms with Crippen molar-refractivity contribution in [2.75, 3.05) is 18.1 Å². The number of sulfone groups is 1. The highest BCUT2D eigenvalue weighted by atomic mass is 35.5. The van der Waals surface area contributed by atoms with Crippen LogP contribution in [0, 0.1) is 0 Å². The molecule has 29 heavy (non-hydrogen) atoms. The molecular formula is C21H21ClN2O4S. The molecule has 0 aliphatic heterocycles. The molecule has 8 heteroatoms. The number of aliphatic hydroxyl groups excluding tert-OH is 1. The van der Waals surface area contributed by atoms with Gasteiger partial charge in [-0.05, 0) is 41.8 Å². The predicted octanol–water partition coefficient (Wildman–Crippen LogP) is 2.67. The molecule has 1 aliphatic carbocycles. The van der Waals surface area contributed by atoms with Crippen LogP contribution in [0.1, 0.15) is 27.5 Å². The van der Waals surface area contributed by atoms with Crippen LogP contribution in [0.2, 0.25) is 5.02 Å². The minimum atomic E-state index is -3.44. The topological polar surface area (TPSA) is 99.3 Å². The lowest BCUT2D eigenvalue weighted by Crippen LogP contribution is -2.40. The zero-order chi connectivity index (χ0) is 20.6. The maximum Gasteiger partial charge on any atom is 0.267 e. The molecule has 0 spiro atoms. The Kier molecular flexibility index (Phi) is 5.38. The van der Waals surface area contributed by atoms with Crippen LogP contribution in [-0.4, -0.2) is 48.6 Å². The van der Waals surface area contributed by atoms with E-state index in [0.717, 1.165) is 22.0 Å². The quantitative estimate of drug-likeness (QED) is 0.557. The molecule has 3 aromatic rings. The summed E-state index contributed by atoms with van der Waals surface area (Å²) < 4.78 is 24.7. The van der Waals surface area contributed by atoms with Gasteiger partial charge in [-0.2, -0.15) is 0 Å². The molecule has 3 N–H and O–H groups in total. The molecule has 2 atom stereocenters. The second-order valence-corrected chi connectivity index (χ2v) is 10.0. The van der Waals surface area contributed by atoms with Crippen LogP contribution in [0.3, 0.4) is 0 Å². The zero-order valence-electron chi connectivity index (χ0n) is 15.6. The number of hydrogen-bond acceptors (Lipinski definition) is 4. The van der Waals surface area contributed by atoms with Crippen LogP contribution in [0.15, 0.2) is 48.5 Å². The number of aliphatic hydroxyl groups is 1. The lowest BCUT2D eigenvalue weighted by molar-refractivity contribution is 0.0930. The normalized spacial score (nSPS) is 18.7. The zero-order valence-corrected chi connectivity index (χ0v) is 17.1. The average molecular weight is 433 g/mol. The van der Waals surface area contributed by atoms with Gasteiger partial charge in [-0.25, -0.2) is 8.42 Å². The summed E-state index contributed by atoms with van der Waals surface area (Å²) in [5.74, 6) is -1.04.